The normalized spacial score (nSPS) is 17.8. The fraction of sp³-hybridized carbons (Fsp3) is 0.846. The average Bonchev–Trinajstić information content (AvgIpc) is 2.76. The van der Waals surface area contributed by atoms with Crippen LogP contribution in [0.4, 0.5) is 4.79 Å². The third-order valence-corrected chi connectivity index (χ3v) is 3.82. The van der Waals surface area contributed by atoms with Gasteiger partial charge < -0.3 is 15.3 Å². The van der Waals surface area contributed by atoms with Gasteiger partial charge in [-0.3, -0.25) is 4.79 Å². The molecule has 1 aliphatic carbocycles. The lowest BCUT2D eigenvalue weighted by Gasteiger charge is -2.29. The predicted molar refractivity (Wildman–Crippen MR) is 69.5 cm³/mol. The Balaban J connectivity index is 2.58. The van der Waals surface area contributed by atoms with Crippen LogP contribution in [-0.2, 0) is 4.79 Å². The summed E-state index contributed by atoms with van der Waals surface area (Å²) >= 11 is 0. The monoisotopic (exact) mass is 256 g/mol. The van der Waals surface area contributed by atoms with Crippen molar-refractivity contribution in [1.82, 2.24) is 10.2 Å². The van der Waals surface area contributed by atoms with E-state index in [1.54, 1.807) is 4.90 Å². The number of nitrogens with one attached hydrogen (secondary N) is 1. The molecule has 0 unspecified atom stereocenters. The van der Waals surface area contributed by atoms with Gasteiger partial charge in [0.05, 0.1) is 5.41 Å². The lowest BCUT2D eigenvalue weighted by Crippen LogP contribution is -2.48. The molecule has 0 radical (unpaired) electrons. The summed E-state index contributed by atoms with van der Waals surface area (Å²) in [7, 11) is 0. The van der Waals surface area contributed by atoms with Crippen LogP contribution in [0.25, 0.3) is 0 Å². The van der Waals surface area contributed by atoms with E-state index in [1.807, 2.05) is 20.8 Å². The number of rotatable bonds is 5. The maximum absolute atomic E-state index is 12.0. The Hall–Kier alpha value is -1.26. The summed E-state index contributed by atoms with van der Waals surface area (Å²) in [4.78, 5) is 25.0. The van der Waals surface area contributed by atoms with Crippen LogP contribution in [0.2, 0.25) is 0 Å². The van der Waals surface area contributed by atoms with Crippen LogP contribution in [0.15, 0.2) is 0 Å². The van der Waals surface area contributed by atoms with Crippen LogP contribution in [0, 0.1) is 5.41 Å². The summed E-state index contributed by atoms with van der Waals surface area (Å²) in [6.45, 7) is 6.69. The molecule has 0 spiro atoms. The number of urea groups is 1. The highest BCUT2D eigenvalue weighted by Gasteiger charge is 2.41. The number of hydrogen-bond donors (Lipinski definition) is 2. The average molecular weight is 256 g/mol. The van der Waals surface area contributed by atoms with Gasteiger partial charge in [-0.05, 0) is 33.6 Å². The van der Waals surface area contributed by atoms with E-state index >= 15 is 0 Å². The predicted octanol–water partition coefficient (Wildman–Crippen LogP) is 2.07. The molecule has 0 heterocycles. The van der Waals surface area contributed by atoms with Crippen molar-refractivity contribution >= 4 is 12.0 Å². The maximum atomic E-state index is 12.0. The Morgan fingerprint density at radius 1 is 1.33 bits per heavy atom. The maximum Gasteiger partial charge on any atom is 0.317 e. The van der Waals surface area contributed by atoms with E-state index in [-0.39, 0.29) is 18.6 Å². The molecule has 0 aromatic rings. The standard InChI is InChI=1S/C13H24N2O3/c1-4-15(10(2)3)12(18)14-9-13(11(16)17)7-5-6-8-13/h10H,4-9H2,1-3H3,(H,14,18)(H,16,17). The Kier molecular flexibility index (Phi) is 4.99. The summed E-state index contributed by atoms with van der Waals surface area (Å²) in [6, 6.07) is -0.0422. The Labute approximate surface area is 109 Å². The van der Waals surface area contributed by atoms with E-state index in [2.05, 4.69) is 5.32 Å². The minimum Gasteiger partial charge on any atom is -0.481 e. The van der Waals surface area contributed by atoms with E-state index in [9.17, 15) is 14.7 Å². The quantitative estimate of drug-likeness (QED) is 0.791. The number of hydrogen-bond acceptors (Lipinski definition) is 2. The number of carboxylic acids is 1. The lowest BCUT2D eigenvalue weighted by atomic mass is 9.86. The largest absolute Gasteiger partial charge is 0.481 e. The van der Waals surface area contributed by atoms with Crippen molar-refractivity contribution in [3.05, 3.63) is 0 Å². The molecule has 18 heavy (non-hydrogen) atoms. The van der Waals surface area contributed by atoms with Crippen LogP contribution in [0.5, 0.6) is 0 Å². The van der Waals surface area contributed by atoms with Crippen molar-refractivity contribution < 1.29 is 14.7 Å². The first-order valence-electron chi connectivity index (χ1n) is 6.71. The molecule has 1 rings (SSSR count). The molecule has 1 saturated carbocycles. The molecule has 0 atom stereocenters. The van der Waals surface area contributed by atoms with Crippen LogP contribution in [0.1, 0.15) is 46.5 Å². The molecule has 2 amide bonds. The van der Waals surface area contributed by atoms with Gasteiger partial charge in [0.25, 0.3) is 0 Å². The zero-order valence-electron chi connectivity index (χ0n) is 11.5. The molecule has 0 aromatic heterocycles. The lowest BCUT2D eigenvalue weighted by molar-refractivity contribution is -0.148. The SMILES string of the molecule is CCN(C(=O)NCC1(C(=O)O)CCCC1)C(C)C. The van der Waals surface area contributed by atoms with Crippen molar-refractivity contribution in [3.63, 3.8) is 0 Å². The molecule has 5 heteroatoms. The number of carbonyl (C=O) groups is 2. The van der Waals surface area contributed by atoms with Gasteiger partial charge in [0.1, 0.15) is 0 Å². The number of aliphatic carboxylic acids is 1. The topological polar surface area (TPSA) is 69.6 Å². The summed E-state index contributed by atoms with van der Waals surface area (Å²) in [5.74, 6) is -0.784. The van der Waals surface area contributed by atoms with Crippen LogP contribution < -0.4 is 5.32 Å². The summed E-state index contributed by atoms with van der Waals surface area (Å²) in [5.41, 5.74) is -0.744. The fourth-order valence-corrected chi connectivity index (χ4v) is 2.61. The second-order valence-corrected chi connectivity index (χ2v) is 5.33. The number of carboxylic acid groups (broad SMARTS) is 1. The fourth-order valence-electron chi connectivity index (χ4n) is 2.61. The third-order valence-electron chi connectivity index (χ3n) is 3.82. The Bertz CT molecular complexity index is 309. The molecule has 1 fully saturated rings. The second-order valence-electron chi connectivity index (χ2n) is 5.33. The molecule has 0 saturated heterocycles. The van der Waals surface area contributed by atoms with Crippen LogP contribution in [-0.4, -0.2) is 41.1 Å². The molecule has 1 aliphatic rings. The highest BCUT2D eigenvalue weighted by Crippen LogP contribution is 2.37. The van der Waals surface area contributed by atoms with Crippen molar-refractivity contribution in [2.45, 2.75) is 52.5 Å². The summed E-state index contributed by atoms with van der Waals surface area (Å²) in [5, 5.41) is 12.1. The molecule has 5 nitrogen and oxygen atoms in total. The van der Waals surface area contributed by atoms with E-state index in [1.165, 1.54) is 0 Å². The van der Waals surface area contributed by atoms with Gasteiger partial charge >= 0.3 is 12.0 Å². The molecule has 2 N–H and O–H groups in total. The van der Waals surface area contributed by atoms with Gasteiger partial charge in [-0.1, -0.05) is 12.8 Å². The van der Waals surface area contributed by atoms with E-state index < -0.39 is 11.4 Å². The minimum atomic E-state index is -0.784. The van der Waals surface area contributed by atoms with Gasteiger partial charge in [-0.25, -0.2) is 4.79 Å². The second kappa shape index (κ2) is 6.07. The zero-order chi connectivity index (χ0) is 13.8. The highest BCUT2D eigenvalue weighted by atomic mass is 16.4. The van der Waals surface area contributed by atoms with Crippen molar-refractivity contribution in [3.8, 4) is 0 Å². The molecule has 0 aromatic carbocycles. The smallest absolute Gasteiger partial charge is 0.317 e. The minimum absolute atomic E-state index is 0.124. The molecule has 104 valence electrons. The van der Waals surface area contributed by atoms with Gasteiger partial charge in [0.15, 0.2) is 0 Å². The van der Waals surface area contributed by atoms with E-state index in [0.29, 0.717) is 19.4 Å². The Morgan fingerprint density at radius 2 is 1.89 bits per heavy atom. The summed E-state index contributed by atoms with van der Waals surface area (Å²) in [6.07, 6.45) is 3.19. The Morgan fingerprint density at radius 3 is 2.28 bits per heavy atom. The van der Waals surface area contributed by atoms with Crippen molar-refractivity contribution in [2.24, 2.45) is 5.41 Å². The van der Waals surface area contributed by atoms with E-state index in [4.69, 9.17) is 0 Å². The third kappa shape index (κ3) is 3.15. The molecular weight excluding hydrogens is 232 g/mol. The van der Waals surface area contributed by atoms with Gasteiger partial charge in [-0.15, -0.1) is 0 Å². The number of amides is 2. The van der Waals surface area contributed by atoms with Gasteiger partial charge in [0.2, 0.25) is 0 Å². The zero-order valence-corrected chi connectivity index (χ0v) is 11.5. The van der Waals surface area contributed by atoms with Crippen molar-refractivity contribution in [2.75, 3.05) is 13.1 Å². The highest BCUT2D eigenvalue weighted by molar-refractivity contribution is 5.78. The van der Waals surface area contributed by atoms with Crippen LogP contribution >= 0.6 is 0 Å². The first-order valence-corrected chi connectivity index (χ1v) is 6.71. The molecular formula is C13H24N2O3. The first-order chi connectivity index (χ1) is 8.43. The van der Waals surface area contributed by atoms with Crippen LogP contribution in [0.3, 0.4) is 0 Å². The first kappa shape index (κ1) is 14.8. The molecule has 0 bridgehead atoms. The molecule has 0 aliphatic heterocycles. The van der Waals surface area contributed by atoms with Crippen molar-refractivity contribution in [1.29, 1.82) is 0 Å². The van der Waals surface area contributed by atoms with Gasteiger partial charge in [0, 0.05) is 19.1 Å². The number of nitrogens with zero attached hydrogens (tertiary/aromatic N) is 1. The number of carbonyl (C=O) groups excluding carboxylic acids is 1. The van der Waals surface area contributed by atoms with Gasteiger partial charge in [-0.2, -0.15) is 0 Å². The summed E-state index contributed by atoms with van der Waals surface area (Å²) < 4.78 is 0. The van der Waals surface area contributed by atoms with E-state index in [0.717, 1.165) is 12.8 Å².